The number of nitrogens with zero attached hydrogens (tertiary/aromatic N) is 1. The summed E-state index contributed by atoms with van der Waals surface area (Å²) in [6.45, 7) is 0.522. The maximum absolute atomic E-state index is 12.5. The lowest BCUT2D eigenvalue weighted by atomic mass is 10.1. The lowest BCUT2D eigenvalue weighted by Gasteiger charge is -2.15. The highest BCUT2D eigenvalue weighted by atomic mass is 16.5. The van der Waals surface area contributed by atoms with Crippen LogP contribution in [0.15, 0.2) is 90.0 Å². The first-order chi connectivity index (χ1) is 14.7. The van der Waals surface area contributed by atoms with Gasteiger partial charge in [-0.3, -0.25) is 4.79 Å². The second-order valence-electron chi connectivity index (χ2n) is 7.29. The smallest absolute Gasteiger partial charge is 0.246 e. The second kappa shape index (κ2) is 8.93. The van der Waals surface area contributed by atoms with Gasteiger partial charge in [0, 0.05) is 7.11 Å². The third-order valence-corrected chi connectivity index (χ3v) is 5.37. The van der Waals surface area contributed by atoms with E-state index in [0.717, 1.165) is 22.4 Å². The first kappa shape index (κ1) is 19.9. The predicted octanol–water partition coefficient (Wildman–Crippen LogP) is 4.28. The van der Waals surface area contributed by atoms with Gasteiger partial charge in [-0.1, -0.05) is 60.7 Å². The number of hydrazone groups is 1. The molecule has 30 heavy (non-hydrogen) atoms. The zero-order valence-electron chi connectivity index (χ0n) is 16.8. The van der Waals surface area contributed by atoms with Crippen molar-refractivity contribution in [1.82, 2.24) is 5.43 Å². The molecule has 0 radical (unpaired) electrons. The highest BCUT2D eigenvalue weighted by Gasteiger charge is 2.60. The Morgan fingerprint density at radius 2 is 1.70 bits per heavy atom. The molecule has 0 aromatic heterocycles. The Hall–Kier alpha value is -3.44. The van der Waals surface area contributed by atoms with Gasteiger partial charge in [0.15, 0.2) is 0 Å². The molecular weight excluding hydrogens is 376 g/mol. The molecule has 0 heterocycles. The molecule has 1 aliphatic carbocycles. The topological polar surface area (TPSA) is 59.9 Å². The summed E-state index contributed by atoms with van der Waals surface area (Å²) in [5, 5.41) is 4.10. The summed E-state index contributed by atoms with van der Waals surface area (Å²) in [5.74, 6) is 0.404. The minimum atomic E-state index is -0.543. The number of ether oxygens (including phenoxy) is 2. The van der Waals surface area contributed by atoms with Gasteiger partial charge < -0.3 is 9.47 Å². The van der Waals surface area contributed by atoms with Gasteiger partial charge in [-0.25, -0.2) is 5.43 Å². The Kier molecular flexibility index (Phi) is 5.91. The van der Waals surface area contributed by atoms with Gasteiger partial charge >= 0.3 is 0 Å². The van der Waals surface area contributed by atoms with Crippen LogP contribution in [0.3, 0.4) is 0 Å². The molecule has 1 N–H and O–H groups in total. The number of methoxy groups -OCH3 is 1. The average Bonchev–Trinajstić information content (AvgIpc) is 3.56. The van der Waals surface area contributed by atoms with Crippen LogP contribution in [0.4, 0.5) is 0 Å². The molecule has 3 aromatic carbocycles. The summed E-state index contributed by atoms with van der Waals surface area (Å²) < 4.78 is 11.5. The lowest BCUT2D eigenvalue weighted by Crippen LogP contribution is -2.25. The summed E-state index contributed by atoms with van der Waals surface area (Å²) in [6, 6.07) is 27.4. The van der Waals surface area contributed by atoms with E-state index in [0.29, 0.717) is 13.0 Å². The van der Waals surface area contributed by atoms with Crippen molar-refractivity contribution in [3.05, 3.63) is 102 Å². The Morgan fingerprint density at radius 3 is 2.37 bits per heavy atom. The van der Waals surface area contributed by atoms with Crippen molar-refractivity contribution in [1.29, 1.82) is 0 Å². The van der Waals surface area contributed by atoms with E-state index in [2.05, 4.69) is 10.5 Å². The number of carbonyl (C=O) groups excluding carboxylic acids is 1. The molecule has 0 aliphatic heterocycles. The van der Waals surface area contributed by atoms with E-state index in [1.54, 1.807) is 13.3 Å². The highest BCUT2D eigenvalue weighted by Crippen LogP contribution is 2.54. The second-order valence-corrected chi connectivity index (χ2v) is 7.29. The molecule has 0 spiro atoms. The SMILES string of the molecule is COC1(c2ccccc2)CC1C(=O)N/N=C/c1ccc(OCc2ccccc2)cc1. The van der Waals surface area contributed by atoms with Crippen LogP contribution in [0.25, 0.3) is 0 Å². The molecule has 3 aromatic rings. The minimum Gasteiger partial charge on any atom is -0.489 e. The summed E-state index contributed by atoms with van der Waals surface area (Å²) in [5.41, 5.74) is 5.10. The quantitative estimate of drug-likeness (QED) is 0.454. The number of hydrogen-bond acceptors (Lipinski definition) is 4. The van der Waals surface area contributed by atoms with Crippen molar-refractivity contribution in [2.75, 3.05) is 7.11 Å². The number of carbonyl (C=O) groups is 1. The van der Waals surface area contributed by atoms with Crippen molar-refractivity contribution in [2.45, 2.75) is 18.6 Å². The predicted molar refractivity (Wildman–Crippen MR) is 116 cm³/mol. The van der Waals surface area contributed by atoms with E-state index >= 15 is 0 Å². The van der Waals surface area contributed by atoms with Gasteiger partial charge in [0.05, 0.1) is 12.1 Å². The monoisotopic (exact) mass is 400 g/mol. The Labute approximate surface area is 176 Å². The molecule has 0 saturated heterocycles. The van der Waals surface area contributed by atoms with Gasteiger partial charge in [0.2, 0.25) is 5.91 Å². The molecule has 5 heteroatoms. The number of nitrogens with one attached hydrogen (secondary N) is 1. The van der Waals surface area contributed by atoms with Gasteiger partial charge in [-0.2, -0.15) is 5.10 Å². The van der Waals surface area contributed by atoms with Crippen LogP contribution in [0.1, 0.15) is 23.1 Å². The molecule has 1 amide bonds. The highest BCUT2D eigenvalue weighted by molar-refractivity contribution is 5.86. The van der Waals surface area contributed by atoms with Gasteiger partial charge in [0.1, 0.15) is 18.0 Å². The van der Waals surface area contributed by atoms with Crippen LogP contribution in [-0.4, -0.2) is 19.2 Å². The van der Waals surface area contributed by atoms with Gasteiger partial charge in [-0.15, -0.1) is 0 Å². The van der Waals surface area contributed by atoms with E-state index in [-0.39, 0.29) is 11.8 Å². The van der Waals surface area contributed by atoms with Crippen LogP contribution in [0, 0.1) is 5.92 Å². The van der Waals surface area contributed by atoms with Gasteiger partial charge in [0.25, 0.3) is 0 Å². The Bertz CT molecular complexity index is 1000. The van der Waals surface area contributed by atoms with Crippen molar-refractivity contribution in [3.63, 3.8) is 0 Å². The normalized spacial score (nSPS) is 20.1. The van der Waals surface area contributed by atoms with Crippen molar-refractivity contribution >= 4 is 12.1 Å². The Balaban J connectivity index is 1.29. The number of amides is 1. The number of rotatable bonds is 8. The maximum atomic E-state index is 12.5. The molecular formula is C25H24N2O3. The van der Waals surface area contributed by atoms with E-state index in [4.69, 9.17) is 9.47 Å². The minimum absolute atomic E-state index is 0.139. The van der Waals surface area contributed by atoms with E-state index < -0.39 is 5.60 Å². The summed E-state index contributed by atoms with van der Waals surface area (Å²) in [7, 11) is 1.64. The van der Waals surface area contributed by atoms with Crippen molar-refractivity contribution < 1.29 is 14.3 Å². The van der Waals surface area contributed by atoms with Crippen molar-refractivity contribution in [2.24, 2.45) is 11.0 Å². The van der Waals surface area contributed by atoms with Gasteiger partial charge in [-0.05, 0) is 47.4 Å². The lowest BCUT2D eigenvalue weighted by molar-refractivity contribution is -0.124. The molecule has 1 aliphatic rings. The summed E-state index contributed by atoms with van der Waals surface area (Å²) in [4.78, 5) is 12.5. The number of benzene rings is 3. The zero-order chi connectivity index (χ0) is 20.8. The van der Waals surface area contributed by atoms with Crippen LogP contribution in [0.5, 0.6) is 5.75 Å². The van der Waals surface area contributed by atoms with E-state index in [1.165, 1.54) is 0 Å². The molecule has 5 nitrogen and oxygen atoms in total. The molecule has 2 atom stereocenters. The molecule has 1 fully saturated rings. The average molecular weight is 400 g/mol. The van der Waals surface area contributed by atoms with E-state index in [9.17, 15) is 4.79 Å². The van der Waals surface area contributed by atoms with E-state index in [1.807, 2.05) is 84.9 Å². The maximum Gasteiger partial charge on any atom is 0.246 e. The fraction of sp³-hybridized carbons (Fsp3) is 0.200. The third-order valence-electron chi connectivity index (χ3n) is 5.37. The van der Waals surface area contributed by atoms with Crippen LogP contribution in [0.2, 0.25) is 0 Å². The largest absolute Gasteiger partial charge is 0.489 e. The fourth-order valence-corrected chi connectivity index (χ4v) is 3.57. The Morgan fingerprint density at radius 1 is 1.03 bits per heavy atom. The standard InChI is InChI=1S/C25H24N2O3/c1-29-25(21-10-6-3-7-11-21)16-23(25)24(28)27-26-17-19-12-14-22(15-13-19)30-18-20-8-4-2-5-9-20/h2-15,17,23H,16,18H2,1H3,(H,27,28)/b26-17+. The number of hydrogen-bond donors (Lipinski definition) is 1. The molecule has 4 rings (SSSR count). The molecule has 2 unspecified atom stereocenters. The molecule has 0 bridgehead atoms. The molecule has 152 valence electrons. The van der Waals surface area contributed by atoms with Crippen LogP contribution in [-0.2, 0) is 21.7 Å². The first-order valence-electron chi connectivity index (χ1n) is 9.92. The van der Waals surface area contributed by atoms with Crippen LogP contribution >= 0.6 is 0 Å². The third kappa shape index (κ3) is 4.42. The molecule has 1 saturated carbocycles. The summed E-state index contributed by atoms with van der Waals surface area (Å²) in [6.07, 6.45) is 2.28. The fourth-order valence-electron chi connectivity index (χ4n) is 3.57. The zero-order valence-corrected chi connectivity index (χ0v) is 16.8. The first-order valence-corrected chi connectivity index (χ1v) is 9.92. The van der Waals surface area contributed by atoms with Crippen LogP contribution < -0.4 is 10.2 Å². The summed E-state index contributed by atoms with van der Waals surface area (Å²) >= 11 is 0. The van der Waals surface area contributed by atoms with Crippen molar-refractivity contribution in [3.8, 4) is 5.75 Å².